The molecule has 0 spiro atoms. The topological polar surface area (TPSA) is 70.7 Å². The minimum atomic E-state index is -0.500. The molecule has 0 fully saturated rings. The van der Waals surface area contributed by atoms with E-state index in [-0.39, 0.29) is 18.9 Å². The summed E-state index contributed by atoms with van der Waals surface area (Å²) >= 11 is 1.83. The molecule has 6 nitrogen and oxygen atoms in total. The van der Waals surface area contributed by atoms with Gasteiger partial charge >= 0.3 is 6.09 Å². The number of nitrogens with one attached hydrogen (secondary N) is 2. The van der Waals surface area contributed by atoms with Crippen LogP contribution in [0.3, 0.4) is 0 Å². The fourth-order valence-electron chi connectivity index (χ4n) is 2.91. The van der Waals surface area contributed by atoms with Gasteiger partial charge in [-0.3, -0.25) is 4.79 Å². The quantitative estimate of drug-likeness (QED) is 0.814. The molecule has 0 saturated carbocycles. The molecule has 0 saturated heterocycles. The fourth-order valence-corrected chi connectivity index (χ4v) is 3.80. The number of hydrogen-bond acceptors (Lipinski definition) is 5. The van der Waals surface area contributed by atoms with Crippen molar-refractivity contribution in [3.05, 3.63) is 46.2 Å². The molecule has 1 aromatic heterocycles. The third-order valence-electron chi connectivity index (χ3n) is 4.22. The van der Waals surface area contributed by atoms with Gasteiger partial charge in [0.05, 0.1) is 6.61 Å². The monoisotopic (exact) mass is 373 g/mol. The van der Waals surface area contributed by atoms with Gasteiger partial charge in [0, 0.05) is 42.3 Å². The maximum absolute atomic E-state index is 11.9. The van der Waals surface area contributed by atoms with Crippen LogP contribution >= 0.6 is 11.3 Å². The lowest BCUT2D eigenvalue weighted by Gasteiger charge is -2.29. The second-order valence-corrected chi connectivity index (χ2v) is 7.03. The molecule has 2 amide bonds. The molecular weight excluding hydrogens is 350 g/mol. The first-order valence-corrected chi connectivity index (χ1v) is 9.64. The Morgan fingerprint density at radius 1 is 1.23 bits per heavy atom. The molecule has 7 heteroatoms. The number of fused-ring (bicyclic) bond motifs is 1. The molecule has 0 bridgehead atoms. The zero-order valence-corrected chi connectivity index (χ0v) is 15.6. The number of ether oxygens (including phenoxy) is 1. The van der Waals surface area contributed by atoms with Gasteiger partial charge in [0.2, 0.25) is 5.91 Å². The van der Waals surface area contributed by atoms with E-state index in [1.807, 2.05) is 35.6 Å². The minimum Gasteiger partial charge on any atom is -0.450 e. The molecule has 0 radical (unpaired) electrons. The molecule has 138 valence electrons. The molecule has 26 heavy (non-hydrogen) atoms. The van der Waals surface area contributed by atoms with E-state index < -0.39 is 6.09 Å². The highest BCUT2D eigenvalue weighted by Crippen LogP contribution is 2.28. The third kappa shape index (κ3) is 4.76. The maximum atomic E-state index is 11.9. The summed E-state index contributed by atoms with van der Waals surface area (Å²) in [5.41, 5.74) is 3.32. The lowest BCUT2D eigenvalue weighted by atomic mass is 10.1. The van der Waals surface area contributed by atoms with Crippen molar-refractivity contribution in [1.29, 1.82) is 0 Å². The van der Waals surface area contributed by atoms with Crippen LogP contribution in [0.5, 0.6) is 0 Å². The van der Waals surface area contributed by atoms with Crippen LogP contribution in [0.2, 0.25) is 0 Å². The molecule has 2 aromatic rings. The van der Waals surface area contributed by atoms with Gasteiger partial charge < -0.3 is 20.3 Å². The van der Waals surface area contributed by atoms with Crippen LogP contribution in [-0.2, 0) is 22.5 Å². The number of rotatable bonds is 6. The number of benzene rings is 1. The molecular formula is C19H23N3O3S. The molecule has 1 aromatic carbocycles. The van der Waals surface area contributed by atoms with Crippen LogP contribution in [0, 0.1) is 0 Å². The number of hydrogen-bond donors (Lipinski definition) is 2. The van der Waals surface area contributed by atoms with Crippen molar-refractivity contribution >= 4 is 34.7 Å². The first kappa shape index (κ1) is 18.3. The number of thiophene rings is 1. The Kier molecular flexibility index (Phi) is 6.12. The number of amides is 2. The van der Waals surface area contributed by atoms with Crippen molar-refractivity contribution in [2.45, 2.75) is 26.3 Å². The summed E-state index contributed by atoms with van der Waals surface area (Å²) in [5, 5.41) is 7.53. The van der Waals surface area contributed by atoms with E-state index in [0.29, 0.717) is 6.61 Å². The predicted molar refractivity (Wildman–Crippen MR) is 104 cm³/mol. The Balaban J connectivity index is 1.47. The summed E-state index contributed by atoms with van der Waals surface area (Å²) in [5.74, 6) is -0.143. The van der Waals surface area contributed by atoms with Crippen molar-refractivity contribution in [3.8, 4) is 0 Å². The Morgan fingerprint density at radius 3 is 2.81 bits per heavy atom. The van der Waals surface area contributed by atoms with Gasteiger partial charge in [-0.05, 0) is 54.6 Å². The number of nitrogens with zero attached hydrogens (tertiary/aromatic N) is 1. The standard InChI is InChI=1S/C19H23N3O3S/c1-2-25-19(24)20-10-7-18(23)21-15-3-5-16(6-4-15)22-11-8-17-14(13-22)9-12-26-17/h3-6,9,12H,2,7-8,10-11,13H2,1H3,(H,20,24)(H,21,23). The first-order valence-electron chi connectivity index (χ1n) is 8.76. The third-order valence-corrected chi connectivity index (χ3v) is 5.24. The van der Waals surface area contributed by atoms with E-state index in [0.717, 1.165) is 30.9 Å². The highest BCUT2D eigenvalue weighted by atomic mass is 32.1. The van der Waals surface area contributed by atoms with Crippen molar-refractivity contribution in [2.24, 2.45) is 0 Å². The van der Waals surface area contributed by atoms with Gasteiger partial charge in [0.15, 0.2) is 0 Å². The van der Waals surface area contributed by atoms with Gasteiger partial charge in [-0.2, -0.15) is 0 Å². The van der Waals surface area contributed by atoms with Crippen LogP contribution in [-0.4, -0.2) is 31.7 Å². The molecule has 0 aliphatic carbocycles. The summed E-state index contributed by atoms with van der Waals surface area (Å²) in [6.45, 7) is 4.25. The second kappa shape index (κ2) is 8.71. The Bertz CT molecular complexity index is 758. The lowest BCUT2D eigenvalue weighted by Crippen LogP contribution is -2.29. The SMILES string of the molecule is CCOC(=O)NCCC(=O)Nc1ccc(N2CCc3sccc3C2)cc1. The summed E-state index contributed by atoms with van der Waals surface area (Å²) in [6, 6.07) is 10.1. The van der Waals surface area contributed by atoms with E-state index >= 15 is 0 Å². The van der Waals surface area contributed by atoms with Gasteiger partial charge in [0.1, 0.15) is 0 Å². The van der Waals surface area contributed by atoms with Crippen molar-refractivity contribution < 1.29 is 14.3 Å². The smallest absolute Gasteiger partial charge is 0.407 e. The van der Waals surface area contributed by atoms with Crippen LogP contribution in [0.15, 0.2) is 35.7 Å². The first-order chi connectivity index (χ1) is 12.7. The molecule has 1 aliphatic heterocycles. The highest BCUT2D eigenvalue weighted by molar-refractivity contribution is 7.10. The zero-order chi connectivity index (χ0) is 18.4. The molecule has 3 rings (SSSR count). The van der Waals surface area contributed by atoms with E-state index in [2.05, 4.69) is 27.0 Å². The second-order valence-electron chi connectivity index (χ2n) is 6.03. The molecule has 0 atom stereocenters. The van der Waals surface area contributed by atoms with Gasteiger partial charge in [0.25, 0.3) is 0 Å². The average Bonchev–Trinajstić information content (AvgIpc) is 3.10. The number of carbonyl (C=O) groups is 2. The Morgan fingerprint density at radius 2 is 2.04 bits per heavy atom. The van der Waals surface area contributed by atoms with Crippen LogP contribution < -0.4 is 15.5 Å². The number of alkyl carbamates (subject to hydrolysis) is 1. The maximum Gasteiger partial charge on any atom is 0.407 e. The predicted octanol–water partition coefficient (Wildman–Crippen LogP) is 3.39. The van der Waals surface area contributed by atoms with Crippen molar-refractivity contribution in [1.82, 2.24) is 5.32 Å². The minimum absolute atomic E-state index is 0.143. The van der Waals surface area contributed by atoms with Crippen molar-refractivity contribution in [3.63, 3.8) is 0 Å². The van der Waals surface area contributed by atoms with Crippen LogP contribution in [0.1, 0.15) is 23.8 Å². The molecule has 1 aliphatic rings. The van der Waals surface area contributed by atoms with E-state index in [9.17, 15) is 9.59 Å². The van der Waals surface area contributed by atoms with E-state index in [1.165, 1.54) is 10.4 Å². The Labute approximate surface area is 157 Å². The highest BCUT2D eigenvalue weighted by Gasteiger charge is 2.17. The van der Waals surface area contributed by atoms with Crippen LogP contribution in [0.4, 0.5) is 16.2 Å². The largest absolute Gasteiger partial charge is 0.450 e. The fraction of sp³-hybridized carbons (Fsp3) is 0.368. The average molecular weight is 373 g/mol. The molecule has 2 heterocycles. The zero-order valence-electron chi connectivity index (χ0n) is 14.8. The summed E-state index contributed by atoms with van der Waals surface area (Å²) in [7, 11) is 0. The summed E-state index contributed by atoms with van der Waals surface area (Å²) < 4.78 is 4.74. The van der Waals surface area contributed by atoms with Gasteiger partial charge in [-0.1, -0.05) is 0 Å². The lowest BCUT2D eigenvalue weighted by molar-refractivity contribution is -0.116. The molecule has 2 N–H and O–H groups in total. The van der Waals surface area contributed by atoms with E-state index in [4.69, 9.17) is 4.74 Å². The summed E-state index contributed by atoms with van der Waals surface area (Å²) in [4.78, 5) is 26.9. The molecule has 0 unspecified atom stereocenters. The number of anilines is 2. The van der Waals surface area contributed by atoms with Crippen LogP contribution in [0.25, 0.3) is 0 Å². The normalized spacial score (nSPS) is 13.0. The number of carbonyl (C=O) groups excluding carboxylic acids is 2. The van der Waals surface area contributed by atoms with E-state index in [1.54, 1.807) is 6.92 Å². The summed E-state index contributed by atoms with van der Waals surface area (Å²) in [6.07, 6.45) is 0.784. The van der Waals surface area contributed by atoms with Gasteiger partial charge in [-0.25, -0.2) is 4.79 Å². The Hall–Kier alpha value is -2.54. The van der Waals surface area contributed by atoms with Crippen molar-refractivity contribution in [2.75, 3.05) is 29.9 Å². The van der Waals surface area contributed by atoms with Gasteiger partial charge in [-0.15, -0.1) is 11.3 Å².